The van der Waals surface area contributed by atoms with Gasteiger partial charge in [0.15, 0.2) is 0 Å². The summed E-state index contributed by atoms with van der Waals surface area (Å²) in [7, 11) is -0.460. The molecule has 1 fully saturated rings. The van der Waals surface area contributed by atoms with Gasteiger partial charge in [-0.25, -0.2) is 14.8 Å². The minimum atomic E-state index is -3.49. The Balaban J connectivity index is 1.93. The molecule has 1 atom stereocenters. The molecule has 2 aromatic heterocycles. The van der Waals surface area contributed by atoms with Crippen molar-refractivity contribution >= 4 is 16.2 Å². The molecule has 3 rings (SSSR count). The van der Waals surface area contributed by atoms with Crippen molar-refractivity contribution in [3.05, 3.63) is 41.6 Å². The number of carbonyl (C=O) groups is 1. The van der Waals surface area contributed by atoms with Crippen LogP contribution in [0, 0.1) is 6.92 Å². The van der Waals surface area contributed by atoms with Gasteiger partial charge < -0.3 is 5.11 Å². The lowest BCUT2D eigenvalue weighted by atomic mass is 9.98. The van der Waals surface area contributed by atoms with Gasteiger partial charge in [0.25, 0.3) is 10.2 Å². The van der Waals surface area contributed by atoms with E-state index in [0.29, 0.717) is 30.2 Å². The van der Waals surface area contributed by atoms with Crippen molar-refractivity contribution < 1.29 is 18.3 Å². The average Bonchev–Trinajstić information content (AvgIpc) is 2.67. The molecule has 1 saturated heterocycles. The van der Waals surface area contributed by atoms with Gasteiger partial charge >= 0.3 is 5.97 Å². The number of hydrogen-bond donors (Lipinski definition) is 1. The quantitative estimate of drug-likeness (QED) is 0.802. The summed E-state index contributed by atoms with van der Waals surface area (Å²) in [5.74, 6) is -0.621. The van der Waals surface area contributed by atoms with Crippen LogP contribution in [0.1, 0.15) is 40.6 Å². The van der Waals surface area contributed by atoms with Crippen LogP contribution < -0.4 is 0 Å². The summed E-state index contributed by atoms with van der Waals surface area (Å²) in [5, 5.41) is 9.18. The van der Waals surface area contributed by atoms with E-state index < -0.39 is 16.2 Å². The Morgan fingerprint density at radius 3 is 2.68 bits per heavy atom. The molecule has 10 heteroatoms. The zero-order chi connectivity index (χ0) is 20.5. The Labute approximate surface area is 164 Å². The summed E-state index contributed by atoms with van der Waals surface area (Å²) in [6, 6.07) is 3.29. The highest BCUT2D eigenvalue weighted by Gasteiger charge is 2.32. The molecular formula is C18H23N5O4S. The predicted octanol–water partition coefficient (Wildman–Crippen LogP) is 1.53. The molecule has 28 heavy (non-hydrogen) atoms. The Morgan fingerprint density at radius 2 is 2.00 bits per heavy atom. The summed E-state index contributed by atoms with van der Waals surface area (Å²) in [6.07, 6.45) is 4.35. The van der Waals surface area contributed by atoms with Crippen LogP contribution in [-0.4, -0.2) is 70.2 Å². The number of nitrogens with zero attached hydrogens (tertiary/aromatic N) is 5. The van der Waals surface area contributed by atoms with Gasteiger partial charge in [0, 0.05) is 56.8 Å². The van der Waals surface area contributed by atoms with E-state index in [-0.39, 0.29) is 11.5 Å². The van der Waals surface area contributed by atoms with Gasteiger partial charge in [-0.1, -0.05) is 0 Å². The van der Waals surface area contributed by atoms with Crippen LogP contribution in [0.4, 0.5) is 0 Å². The molecule has 150 valence electrons. The molecule has 9 nitrogen and oxygen atoms in total. The molecule has 3 heterocycles. The predicted molar refractivity (Wildman–Crippen MR) is 103 cm³/mol. The van der Waals surface area contributed by atoms with Crippen LogP contribution in [0.5, 0.6) is 0 Å². The Hall–Kier alpha value is -2.43. The Morgan fingerprint density at radius 1 is 1.25 bits per heavy atom. The Kier molecular flexibility index (Phi) is 5.73. The van der Waals surface area contributed by atoms with Gasteiger partial charge in [0.2, 0.25) is 0 Å². The fourth-order valence-electron chi connectivity index (χ4n) is 3.21. The average molecular weight is 405 g/mol. The highest BCUT2D eigenvalue weighted by atomic mass is 32.2. The van der Waals surface area contributed by atoms with Gasteiger partial charge in [-0.2, -0.15) is 17.0 Å². The van der Waals surface area contributed by atoms with E-state index in [1.165, 1.54) is 35.0 Å². The van der Waals surface area contributed by atoms with Crippen molar-refractivity contribution in [2.24, 2.45) is 0 Å². The molecule has 0 radical (unpaired) electrons. The SMILES string of the molecule is Cc1cc(-c2cncc(C(=O)O)c2)nc([C@@H]2CCCN(S(=O)(=O)N(C)C)C2)n1. The molecule has 1 N–H and O–H groups in total. The molecule has 0 bridgehead atoms. The molecule has 1 aliphatic rings. The van der Waals surface area contributed by atoms with E-state index in [1.807, 2.05) is 6.92 Å². The molecule has 0 spiro atoms. The standard InChI is InChI=1S/C18H23N5O4S/c1-12-7-16(14-8-15(18(24)25)10-19-9-14)21-17(20-12)13-5-4-6-23(11-13)28(26,27)22(2)3/h7-10,13H,4-6,11H2,1-3H3,(H,24,25)/t13-/m1/s1. The van der Waals surface area contributed by atoms with Crippen molar-refractivity contribution in [1.82, 2.24) is 23.6 Å². The van der Waals surface area contributed by atoms with Gasteiger partial charge in [-0.05, 0) is 31.9 Å². The van der Waals surface area contributed by atoms with Crippen LogP contribution in [0.15, 0.2) is 24.5 Å². The molecule has 0 amide bonds. The third-order valence-electron chi connectivity index (χ3n) is 4.69. The summed E-state index contributed by atoms with van der Waals surface area (Å²) in [6.45, 7) is 2.62. The summed E-state index contributed by atoms with van der Waals surface area (Å²) >= 11 is 0. The van der Waals surface area contributed by atoms with E-state index in [9.17, 15) is 18.3 Å². The fraction of sp³-hybridized carbons (Fsp3) is 0.444. The smallest absolute Gasteiger partial charge is 0.337 e. The number of aryl methyl sites for hydroxylation is 1. The van der Waals surface area contributed by atoms with Crippen LogP contribution in [0.25, 0.3) is 11.3 Å². The zero-order valence-electron chi connectivity index (χ0n) is 16.0. The normalized spacial score (nSPS) is 18.4. The monoisotopic (exact) mass is 405 g/mol. The second-order valence-corrected chi connectivity index (χ2v) is 9.15. The third-order valence-corrected chi connectivity index (χ3v) is 6.60. The maximum atomic E-state index is 12.5. The van der Waals surface area contributed by atoms with E-state index >= 15 is 0 Å². The van der Waals surface area contributed by atoms with E-state index in [1.54, 1.807) is 12.3 Å². The first-order chi connectivity index (χ1) is 13.2. The second kappa shape index (κ2) is 7.90. The van der Waals surface area contributed by atoms with E-state index in [2.05, 4.69) is 15.0 Å². The molecule has 0 saturated carbocycles. The first kappa shape index (κ1) is 20.3. The van der Waals surface area contributed by atoms with Crippen LogP contribution >= 0.6 is 0 Å². The van der Waals surface area contributed by atoms with Gasteiger partial charge in [0.1, 0.15) is 5.82 Å². The largest absolute Gasteiger partial charge is 0.478 e. The molecule has 0 aliphatic carbocycles. The number of carboxylic acid groups (broad SMARTS) is 1. The number of rotatable bonds is 5. The van der Waals surface area contributed by atoms with Crippen molar-refractivity contribution in [3.63, 3.8) is 0 Å². The first-order valence-electron chi connectivity index (χ1n) is 8.90. The Bertz CT molecular complexity index is 993. The van der Waals surface area contributed by atoms with E-state index in [0.717, 1.165) is 18.5 Å². The van der Waals surface area contributed by atoms with Gasteiger partial charge in [-0.15, -0.1) is 0 Å². The summed E-state index contributed by atoms with van der Waals surface area (Å²) < 4.78 is 27.6. The number of carboxylic acids is 1. The van der Waals surface area contributed by atoms with Crippen molar-refractivity contribution in [1.29, 1.82) is 0 Å². The summed E-state index contributed by atoms with van der Waals surface area (Å²) in [5.41, 5.74) is 1.97. The number of aromatic carboxylic acids is 1. The topological polar surface area (TPSA) is 117 Å². The third kappa shape index (κ3) is 4.18. The summed E-state index contributed by atoms with van der Waals surface area (Å²) in [4.78, 5) is 24.3. The number of aromatic nitrogens is 3. The van der Waals surface area contributed by atoms with Gasteiger partial charge in [-0.3, -0.25) is 4.98 Å². The lowest BCUT2D eigenvalue weighted by molar-refractivity contribution is 0.0696. The molecule has 0 aromatic carbocycles. The first-order valence-corrected chi connectivity index (χ1v) is 10.3. The van der Waals surface area contributed by atoms with Crippen molar-refractivity contribution in [2.75, 3.05) is 27.2 Å². The minimum absolute atomic E-state index is 0.0798. The maximum Gasteiger partial charge on any atom is 0.337 e. The lowest BCUT2D eigenvalue weighted by Crippen LogP contribution is -2.45. The van der Waals surface area contributed by atoms with E-state index in [4.69, 9.17) is 0 Å². The zero-order valence-corrected chi connectivity index (χ0v) is 16.8. The van der Waals surface area contributed by atoms with Crippen LogP contribution in [0.3, 0.4) is 0 Å². The van der Waals surface area contributed by atoms with Crippen LogP contribution in [0.2, 0.25) is 0 Å². The number of hydrogen-bond acceptors (Lipinski definition) is 6. The second-order valence-electron chi connectivity index (χ2n) is 7.01. The fourth-order valence-corrected chi connectivity index (χ4v) is 4.40. The van der Waals surface area contributed by atoms with Gasteiger partial charge in [0.05, 0.1) is 11.3 Å². The highest BCUT2D eigenvalue weighted by Crippen LogP contribution is 2.28. The number of piperidine rings is 1. The van der Waals surface area contributed by atoms with Crippen molar-refractivity contribution in [2.45, 2.75) is 25.7 Å². The molecule has 1 aliphatic heterocycles. The number of pyridine rings is 1. The minimum Gasteiger partial charge on any atom is -0.478 e. The molecule has 0 unspecified atom stereocenters. The van der Waals surface area contributed by atoms with Crippen LogP contribution in [-0.2, 0) is 10.2 Å². The van der Waals surface area contributed by atoms with Crippen molar-refractivity contribution in [3.8, 4) is 11.3 Å². The maximum absolute atomic E-state index is 12.5. The lowest BCUT2D eigenvalue weighted by Gasteiger charge is -2.32. The molecule has 2 aromatic rings. The molecular weight excluding hydrogens is 382 g/mol. The highest BCUT2D eigenvalue weighted by molar-refractivity contribution is 7.86.